The molecule has 0 aliphatic heterocycles. The van der Waals surface area contributed by atoms with Crippen LogP contribution in [0.5, 0.6) is 0 Å². The van der Waals surface area contributed by atoms with E-state index in [1.807, 2.05) is 0 Å². The summed E-state index contributed by atoms with van der Waals surface area (Å²) in [6.45, 7) is 0. The van der Waals surface area contributed by atoms with E-state index in [1.54, 1.807) is 0 Å². The fourth-order valence-corrected chi connectivity index (χ4v) is 6.14. The maximum atomic E-state index is 12.7. The van der Waals surface area contributed by atoms with E-state index < -0.39 is 0 Å². The minimum Gasteiger partial charge on any atom is -0.462 e. The number of rotatable bonds is 3. The van der Waals surface area contributed by atoms with Crippen LogP contribution in [-0.2, 0) is 9.53 Å². The molecule has 0 N–H and O–H groups in total. The third-order valence-electron chi connectivity index (χ3n) is 7.54. The van der Waals surface area contributed by atoms with Crippen LogP contribution in [0, 0.1) is 29.6 Å². The van der Waals surface area contributed by atoms with Gasteiger partial charge in [0.1, 0.15) is 6.10 Å². The van der Waals surface area contributed by atoms with Gasteiger partial charge in [-0.05, 0) is 68.6 Å². The average molecular weight is 331 g/mol. The Bertz CT molecular complexity index is 455. The van der Waals surface area contributed by atoms with Crippen LogP contribution in [0.2, 0.25) is 0 Å². The summed E-state index contributed by atoms with van der Waals surface area (Å²) in [5.74, 6) is 3.38. The second-order valence-corrected chi connectivity index (χ2v) is 8.90. The second-order valence-electron chi connectivity index (χ2n) is 8.90. The van der Waals surface area contributed by atoms with Gasteiger partial charge in [-0.3, -0.25) is 4.79 Å². The normalized spacial score (nSPS) is 40.2. The highest BCUT2D eigenvalue weighted by atomic mass is 16.5. The molecule has 0 spiro atoms. The Kier molecular flexibility index (Phi) is 5.29. The van der Waals surface area contributed by atoms with Gasteiger partial charge in [0.15, 0.2) is 0 Å². The third kappa shape index (κ3) is 3.58. The van der Waals surface area contributed by atoms with Gasteiger partial charge in [-0.15, -0.1) is 0 Å². The number of hydrogen-bond donors (Lipinski definition) is 0. The van der Waals surface area contributed by atoms with E-state index in [0.717, 1.165) is 31.1 Å². The highest BCUT2D eigenvalue weighted by Crippen LogP contribution is 2.43. The van der Waals surface area contributed by atoms with Gasteiger partial charge in [0, 0.05) is 0 Å². The molecule has 0 aromatic rings. The zero-order valence-electron chi connectivity index (χ0n) is 15.1. The smallest absolute Gasteiger partial charge is 0.309 e. The third-order valence-corrected chi connectivity index (χ3v) is 7.54. The molecule has 0 saturated heterocycles. The average Bonchev–Trinajstić information content (AvgIpc) is 3.12. The molecule has 0 amide bonds. The molecule has 4 aliphatic carbocycles. The second kappa shape index (κ2) is 7.62. The van der Waals surface area contributed by atoms with Crippen LogP contribution >= 0.6 is 0 Å². The SMILES string of the molecule is O=C(OC1CCC(C2CCCCC2)CC1)[C@H]1CC=C[C@H]2CCC[C@H]12. The quantitative estimate of drug-likeness (QED) is 0.493. The van der Waals surface area contributed by atoms with Crippen molar-refractivity contribution in [2.45, 2.75) is 89.6 Å². The molecule has 0 unspecified atom stereocenters. The first-order valence-electron chi connectivity index (χ1n) is 10.7. The van der Waals surface area contributed by atoms with Crippen LogP contribution in [0.3, 0.4) is 0 Å². The maximum absolute atomic E-state index is 12.7. The monoisotopic (exact) mass is 330 g/mol. The van der Waals surface area contributed by atoms with Crippen LogP contribution in [0.1, 0.15) is 83.5 Å². The first-order chi connectivity index (χ1) is 11.8. The summed E-state index contributed by atoms with van der Waals surface area (Å²) >= 11 is 0. The van der Waals surface area contributed by atoms with Gasteiger partial charge >= 0.3 is 5.97 Å². The van der Waals surface area contributed by atoms with Crippen LogP contribution in [0.4, 0.5) is 0 Å². The topological polar surface area (TPSA) is 26.3 Å². The van der Waals surface area contributed by atoms with Gasteiger partial charge in [-0.1, -0.05) is 50.7 Å². The number of hydrogen-bond acceptors (Lipinski definition) is 2. The van der Waals surface area contributed by atoms with E-state index in [9.17, 15) is 4.79 Å². The van der Waals surface area contributed by atoms with Gasteiger partial charge in [0.2, 0.25) is 0 Å². The lowest BCUT2D eigenvalue weighted by molar-refractivity contribution is -0.158. The van der Waals surface area contributed by atoms with E-state index in [-0.39, 0.29) is 18.0 Å². The van der Waals surface area contributed by atoms with Crippen LogP contribution in [-0.4, -0.2) is 12.1 Å². The predicted molar refractivity (Wildman–Crippen MR) is 96.5 cm³/mol. The minimum absolute atomic E-state index is 0.123. The number of esters is 1. The molecule has 4 aliphatic rings. The summed E-state index contributed by atoms with van der Waals surface area (Å²) in [6, 6.07) is 0. The fourth-order valence-electron chi connectivity index (χ4n) is 6.14. The lowest BCUT2D eigenvalue weighted by Crippen LogP contribution is -2.34. The first-order valence-corrected chi connectivity index (χ1v) is 10.7. The highest BCUT2D eigenvalue weighted by molar-refractivity contribution is 5.73. The lowest BCUT2D eigenvalue weighted by atomic mass is 9.73. The van der Waals surface area contributed by atoms with Crippen molar-refractivity contribution in [3.05, 3.63) is 12.2 Å². The molecule has 3 atom stereocenters. The Hall–Kier alpha value is -0.790. The molecule has 0 bridgehead atoms. The van der Waals surface area contributed by atoms with E-state index in [2.05, 4.69) is 12.2 Å². The molecular formula is C22H34O2. The Morgan fingerprint density at radius 2 is 1.54 bits per heavy atom. The van der Waals surface area contributed by atoms with Crippen molar-refractivity contribution < 1.29 is 9.53 Å². The first kappa shape index (κ1) is 16.7. The summed E-state index contributed by atoms with van der Waals surface area (Å²) in [4.78, 5) is 12.7. The molecule has 0 aromatic heterocycles. The number of carbonyl (C=O) groups is 1. The Morgan fingerprint density at radius 1 is 0.792 bits per heavy atom. The van der Waals surface area contributed by atoms with E-state index >= 15 is 0 Å². The summed E-state index contributed by atoms with van der Waals surface area (Å²) in [5.41, 5.74) is 0. The van der Waals surface area contributed by atoms with Crippen molar-refractivity contribution in [3.8, 4) is 0 Å². The molecule has 4 rings (SSSR count). The van der Waals surface area contributed by atoms with Crippen molar-refractivity contribution in [1.82, 2.24) is 0 Å². The predicted octanol–water partition coefficient (Wildman–Crippen LogP) is 5.66. The zero-order chi connectivity index (χ0) is 16.4. The summed E-state index contributed by atoms with van der Waals surface area (Å²) < 4.78 is 6.00. The van der Waals surface area contributed by atoms with Crippen molar-refractivity contribution in [2.75, 3.05) is 0 Å². The fraction of sp³-hybridized carbons (Fsp3) is 0.864. The Balaban J connectivity index is 1.26. The van der Waals surface area contributed by atoms with E-state index in [0.29, 0.717) is 11.8 Å². The summed E-state index contributed by atoms with van der Waals surface area (Å²) in [6.07, 6.45) is 21.5. The zero-order valence-corrected chi connectivity index (χ0v) is 15.1. The maximum Gasteiger partial charge on any atom is 0.309 e. The van der Waals surface area contributed by atoms with Crippen LogP contribution < -0.4 is 0 Å². The van der Waals surface area contributed by atoms with Gasteiger partial charge < -0.3 is 4.74 Å². The van der Waals surface area contributed by atoms with Gasteiger partial charge in [-0.2, -0.15) is 0 Å². The number of carbonyl (C=O) groups excluding carboxylic acids is 1. The summed E-state index contributed by atoms with van der Waals surface area (Å²) in [7, 11) is 0. The van der Waals surface area contributed by atoms with Crippen LogP contribution in [0.25, 0.3) is 0 Å². The highest BCUT2D eigenvalue weighted by Gasteiger charge is 2.40. The molecule has 24 heavy (non-hydrogen) atoms. The van der Waals surface area contributed by atoms with Crippen molar-refractivity contribution >= 4 is 5.97 Å². The molecule has 0 aromatic carbocycles. The standard InChI is InChI=1S/C22H34O2/c23-22(21-11-5-9-18-8-4-10-20(18)21)24-19-14-12-17(13-15-19)16-6-2-1-3-7-16/h5,9,16-21H,1-4,6-8,10-15H2/t17?,18-,19?,20+,21+/m1/s1. The molecule has 134 valence electrons. The summed E-state index contributed by atoms with van der Waals surface area (Å²) in [5, 5.41) is 0. The van der Waals surface area contributed by atoms with Crippen molar-refractivity contribution in [2.24, 2.45) is 29.6 Å². The largest absolute Gasteiger partial charge is 0.462 e. The molecule has 2 nitrogen and oxygen atoms in total. The Labute approximate surface area is 147 Å². The number of allylic oxidation sites excluding steroid dienone is 2. The minimum atomic E-state index is 0.123. The molecule has 3 fully saturated rings. The van der Waals surface area contributed by atoms with Crippen LogP contribution in [0.15, 0.2) is 12.2 Å². The van der Waals surface area contributed by atoms with Crippen molar-refractivity contribution in [1.29, 1.82) is 0 Å². The van der Waals surface area contributed by atoms with Gasteiger partial charge in [0.05, 0.1) is 5.92 Å². The number of ether oxygens (including phenoxy) is 1. The van der Waals surface area contributed by atoms with Gasteiger partial charge in [-0.25, -0.2) is 0 Å². The number of fused-ring (bicyclic) bond motifs is 1. The molecule has 0 heterocycles. The molecule has 3 saturated carbocycles. The van der Waals surface area contributed by atoms with Gasteiger partial charge in [0.25, 0.3) is 0 Å². The molecule has 2 heteroatoms. The lowest BCUT2D eigenvalue weighted by Gasteiger charge is -2.36. The van der Waals surface area contributed by atoms with E-state index in [1.165, 1.54) is 64.2 Å². The molecular weight excluding hydrogens is 296 g/mol. The van der Waals surface area contributed by atoms with Crippen molar-refractivity contribution in [3.63, 3.8) is 0 Å². The molecule has 0 radical (unpaired) electrons. The van der Waals surface area contributed by atoms with E-state index in [4.69, 9.17) is 4.74 Å². The Morgan fingerprint density at radius 3 is 2.33 bits per heavy atom.